The Kier molecular flexibility index (Phi) is 4.53. The van der Waals surface area contributed by atoms with Crippen molar-refractivity contribution in [3.63, 3.8) is 0 Å². The fraction of sp³-hybridized carbons (Fsp3) is 0.800. The molecule has 0 bridgehead atoms. The number of carbonyl (C=O) groups excluding carboxylic acids is 1. The molecule has 0 aromatic carbocycles. The minimum Gasteiger partial charge on any atom is -0.374 e. The van der Waals surface area contributed by atoms with Crippen LogP contribution in [0.1, 0.15) is 6.92 Å². The van der Waals surface area contributed by atoms with Gasteiger partial charge >= 0.3 is 0 Å². The van der Waals surface area contributed by atoms with Crippen molar-refractivity contribution in [3.8, 4) is 6.07 Å². The smallest absolute Gasteiger partial charge is 0.237 e. The van der Waals surface area contributed by atoms with Crippen LogP contribution >= 0.6 is 0 Å². The van der Waals surface area contributed by atoms with Gasteiger partial charge in [0.05, 0.1) is 18.8 Å². The Morgan fingerprint density at radius 1 is 1.80 bits per heavy atom. The normalized spacial score (nSPS) is 24.2. The van der Waals surface area contributed by atoms with Crippen LogP contribution < -0.4 is 5.32 Å². The summed E-state index contributed by atoms with van der Waals surface area (Å²) in [5.41, 5.74) is 0. The van der Waals surface area contributed by atoms with Crippen molar-refractivity contribution in [1.29, 1.82) is 5.26 Å². The standard InChI is InChI=1S/C10H17N3O2/c1-8(5-11)10(14)12-6-9-7-13(2)3-4-15-9/h8-9H,3-4,6-7H2,1-2H3,(H,12,14). The van der Waals surface area contributed by atoms with Gasteiger partial charge in [-0.05, 0) is 14.0 Å². The second kappa shape index (κ2) is 5.69. The molecule has 0 radical (unpaired) electrons. The van der Waals surface area contributed by atoms with E-state index in [4.69, 9.17) is 10.00 Å². The first-order chi connectivity index (χ1) is 7.13. The summed E-state index contributed by atoms with van der Waals surface area (Å²) < 4.78 is 5.47. The maximum atomic E-state index is 11.3. The predicted molar refractivity (Wildman–Crippen MR) is 55.0 cm³/mol. The Hall–Kier alpha value is -1.12. The van der Waals surface area contributed by atoms with Crippen LogP contribution in [0.3, 0.4) is 0 Å². The number of likely N-dealkylation sites (N-methyl/N-ethyl adjacent to an activating group) is 1. The number of morpholine rings is 1. The molecule has 0 spiro atoms. The van der Waals surface area contributed by atoms with E-state index in [1.54, 1.807) is 6.92 Å². The fourth-order valence-corrected chi connectivity index (χ4v) is 1.42. The molecule has 1 aliphatic heterocycles. The SMILES string of the molecule is CC(C#N)C(=O)NCC1CN(C)CCO1. The van der Waals surface area contributed by atoms with Crippen molar-refractivity contribution in [2.75, 3.05) is 33.3 Å². The van der Waals surface area contributed by atoms with Crippen LogP contribution in [0.4, 0.5) is 0 Å². The van der Waals surface area contributed by atoms with E-state index in [0.717, 1.165) is 13.1 Å². The number of ether oxygens (including phenoxy) is 1. The van der Waals surface area contributed by atoms with E-state index in [0.29, 0.717) is 13.2 Å². The third-order valence-electron chi connectivity index (χ3n) is 2.43. The molecule has 15 heavy (non-hydrogen) atoms. The zero-order valence-corrected chi connectivity index (χ0v) is 9.19. The fourth-order valence-electron chi connectivity index (χ4n) is 1.42. The molecule has 0 saturated carbocycles. The van der Waals surface area contributed by atoms with E-state index in [1.807, 2.05) is 13.1 Å². The van der Waals surface area contributed by atoms with Gasteiger partial charge in [-0.3, -0.25) is 4.79 Å². The zero-order valence-electron chi connectivity index (χ0n) is 9.19. The minimum atomic E-state index is -0.591. The van der Waals surface area contributed by atoms with Gasteiger partial charge in [0.2, 0.25) is 5.91 Å². The van der Waals surface area contributed by atoms with Gasteiger partial charge in [0.1, 0.15) is 5.92 Å². The minimum absolute atomic E-state index is 0.0404. The summed E-state index contributed by atoms with van der Waals surface area (Å²) in [7, 11) is 2.02. The van der Waals surface area contributed by atoms with Crippen LogP contribution in [0.5, 0.6) is 0 Å². The van der Waals surface area contributed by atoms with Crippen molar-refractivity contribution in [1.82, 2.24) is 10.2 Å². The number of nitrogens with one attached hydrogen (secondary N) is 1. The third-order valence-corrected chi connectivity index (χ3v) is 2.43. The highest BCUT2D eigenvalue weighted by Gasteiger charge is 2.19. The molecule has 1 fully saturated rings. The lowest BCUT2D eigenvalue weighted by atomic mass is 10.2. The van der Waals surface area contributed by atoms with Gasteiger partial charge in [-0.2, -0.15) is 5.26 Å². The molecule has 0 aromatic rings. The number of amides is 1. The number of nitriles is 1. The molecule has 5 nitrogen and oxygen atoms in total. The molecular weight excluding hydrogens is 194 g/mol. The van der Waals surface area contributed by atoms with Crippen LogP contribution in [0, 0.1) is 17.2 Å². The first-order valence-corrected chi connectivity index (χ1v) is 5.11. The van der Waals surface area contributed by atoms with E-state index in [1.165, 1.54) is 0 Å². The highest BCUT2D eigenvalue weighted by atomic mass is 16.5. The van der Waals surface area contributed by atoms with E-state index >= 15 is 0 Å². The average Bonchev–Trinajstić information content (AvgIpc) is 2.25. The average molecular weight is 211 g/mol. The molecule has 0 aliphatic carbocycles. The topological polar surface area (TPSA) is 65.4 Å². The van der Waals surface area contributed by atoms with Crippen molar-refractivity contribution in [2.45, 2.75) is 13.0 Å². The molecular formula is C10H17N3O2. The number of nitrogens with zero attached hydrogens (tertiary/aromatic N) is 2. The van der Waals surface area contributed by atoms with E-state index in [-0.39, 0.29) is 12.0 Å². The second-order valence-corrected chi connectivity index (χ2v) is 3.85. The molecule has 1 rings (SSSR count). The van der Waals surface area contributed by atoms with E-state index < -0.39 is 5.92 Å². The van der Waals surface area contributed by atoms with Crippen molar-refractivity contribution in [2.24, 2.45) is 5.92 Å². The molecule has 5 heteroatoms. The van der Waals surface area contributed by atoms with Gasteiger partial charge in [0.15, 0.2) is 0 Å². The van der Waals surface area contributed by atoms with Crippen LogP contribution in [0.15, 0.2) is 0 Å². The van der Waals surface area contributed by atoms with Crippen LogP contribution in [-0.4, -0.2) is 50.2 Å². The number of rotatable bonds is 3. The Morgan fingerprint density at radius 2 is 2.53 bits per heavy atom. The van der Waals surface area contributed by atoms with Gasteiger partial charge in [0.25, 0.3) is 0 Å². The molecule has 1 N–H and O–H groups in total. The number of hydrogen-bond donors (Lipinski definition) is 1. The van der Waals surface area contributed by atoms with Crippen molar-refractivity contribution < 1.29 is 9.53 Å². The summed E-state index contributed by atoms with van der Waals surface area (Å²) >= 11 is 0. The maximum absolute atomic E-state index is 11.3. The summed E-state index contributed by atoms with van der Waals surface area (Å²) in [6.45, 7) is 4.52. The molecule has 1 amide bonds. The molecule has 2 unspecified atom stereocenters. The summed E-state index contributed by atoms with van der Waals surface area (Å²) in [6, 6.07) is 1.90. The summed E-state index contributed by atoms with van der Waals surface area (Å²) in [5.74, 6) is -0.819. The lowest BCUT2D eigenvalue weighted by Crippen LogP contribution is -2.46. The molecule has 1 aliphatic rings. The lowest BCUT2D eigenvalue weighted by Gasteiger charge is -2.30. The number of hydrogen-bond acceptors (Lipinski definition) is 4. The van der Waals surface area contributed by atoms with Crippen molar-refractivity contribution >= 4 is 5.91 Å². The second-order valence-electron chi connectivity index (χ2n) is 3.85. The van der Waals surface area contributed by atoms with Crippen LogP contribution in [0.25, 0.3) is 0 Å². The van der Waals surface area contributed by atoms with Gasteiger partial charge in [-0.15, -0.1) is 0 Å². The Balaban J connectivity index is 2.25. The van der Waals surface area contributed by atoms with E-state index in [9.17, 15) is 4.79 Å². The summed E-state index contributed by atoms with van der Waals surface area (Å²) in [6.07, 6.45) is 0.0404. The van der Waals surface area contributed by atoms with Crippen LogP contribution in [0.2, 0.25) is 0 Å². The van der Waals surface area contributed by atoms with Crippen molar-refractivity contribution in [3.05, 3.63) is 0 Å². The van der Waals surface area contributed by atoms with Crippen LogP contribution in [-0.2, 0) is 9.53 Å². The van der Waals surface area contributed by atoms with E-state index in [2.05, 4.69) is 10.2 Å². The Labute approximate surface area is 90.0 Å². The summed E-state index contributed by atoms with van der Waals surface area (Å²) in [5, 5.41) is 11.2. The largest absolute Gasteiger partial charge is 0.374 e. The molecule has 0 aromatic heterocycles. The summed E-state index contributed by atoms with van der Waals surface area (Å²) in [4.78, 5) is 13.5. The molecule has 1 saturated heterocycles. The molecule has 84 valence electrons. The monoisotopic (exact) mass is 211 g/mol. The molecule has 2 atom stereocenters. The maximum Gasteiger partial charge on any atom is 0.237 e. The predicted octanol–water partition coefficient (Wildman–Crippen LogP) is -0.407. The highest BCUT2D eigenvalue weighted by molar-refractivity contribution is 5.80. The van der Waals surface area contributed by atoms with Gasteiger partial charge in [-0.1, -0.05) is 0 Å². The third kappa shape index (κ3) is 3.86. The lowest BCUT2D eigenvalue weighted by molar-refractivity contribution is -0.124. The Bertz CT molecular complexity index is 262. The van der Waals surface area contributed by atoms with Gasteiger partial charge in [-0.25, -0.2) is 0 Å². The van der Waals surface area contributed by atoms with Gasteiger partial charge < -0.3 is 15.0 Å². The zero-order chi connectivity index (χ0) is 11.3. The molecule has 1 heterocycles. The Morgan fingerprint density at radius 3 is 3.13 bits per heavy atom. The number of carbonyl (C=O) groups is 1. The van der Waals surface area contributed by atoms with Gasteiger partial charge in [0, 0.05) is 19.6 Å². The first-order valence-electron chi connectivity index (χ1n) is 5.11. The highest BCUT2D eigenvalue weighted by Crippen LogP contribution is 2.02. The first kappa shape index (κ1) is 12.0. The quantitative estimate of drug-likeness (QED) is 0.689.